The normalized spacial score (nSPS) is 16.4. The van der Waals surface area contributed by atoms with Crippen LogP contribution >= 0.6 is 23.4 Å². The molecule has 1 amide bonds. The summed E-state index contributed by atoms with van der Waals surface area (Å²) in [5, 5.41) is 12.0. The number of hydrogen-bond acceptors (Lipinski definition) is 4. The van der Waals surface area contributed by atoms with Crippen LogP contribution in [0, 0.1) is 12.7 Å². The highest BCUT2D eigenvalue weighted by molar-refractivity contribution is 7.99. The van der Waals surface area contributed by atoms with Crippen LogP contribution in [0.5, 0.6) is 0 Å². The van der Waals surface area contributed by atoms with Gasteiger partial charge < -0.3 is 14.7 Å². The number of amides is 1. The fraction of sp³-hybridized carbons (Fsp3) is 0.435. The summed E-state index contributed by atoms with van der Waals surface area (Å²) < 4.78 is 19.5. The Morgan fingerprint density at radius 3 is 2.40 bits per heavy atom. The maximum atomic E-state index is 14.1. The summed E-state index contributed by atoms with van der Waals surface area (Å²) >= 11 is 7.78. The average Bonchev–Trinajstić information content (AvgIpc) is 2.64. The number of hydrogen-bond donors (Lipinski definition) is 1. The highest BCUT2D eigenvalue weighted by Crippen LogP contribution is 2.43. The Bertz CT molecular complexity index is 937. The first-order valence-electron chi connectivity index (χ1n) is 9.91. The fourth-order valence-electron chi connectivity index (χ4n) is 3.42. The third-order valence-electron chi connectivity index (χ3n) is 4.99. The van der Waals surface area contributed by atoms with Gasteiger partial charge in [0.15, 0.2) is 0 Å². The molecule has 0 unspecified atom stereocenters. The minimum atomic E-state index is -1.24. The molecule has 1 aliphatic heterocycles. The molecule has 0 saturated carbocycles. The van der Waals surface area contributed by atoms with Gasteiger partial charge >= 0.3 is 6.09 Å². The van der Waals surface area contributed by atoms with Crippen LogP contribution in [0.25, 0.3) is 0 Å². The first-order chi connectivity index (χ1) is 14.0. The van der Waals surface area contributed by atoms with Gasteiger partial charge in [-0.25, -0.2) is 9.18 Å². The number of ether oxygens (including phenoxy) is 1. The first kappa shape index (κ1) is 22.9. The molecule has 7 heteroatoms. The van der Waals surface area contributed by atoms with Gasteiger partial charge in [0.1, 0.15) is 11.4 Å². The Labute approximate surface area is 186 Å². The monoisotopic (exact) mass is 451 g/mol. The number of benzene rings is 2. The van der Waals surface area contributed by atoms with Crippen molar-refractivity contribution in [3.63, 3.8) is 0 Å². The molecular formula is C23H27ClFNO3S. The van der Waals surface area contributed by atoms with Crippen LogP contribution < -0.4 is 0 Å². The molecule has 1 aliphatic rings. The van der Waals surface area contributed by atoms with E-state index in [1.165, 1.54) is 23.9 Å². The van der Waals surface area contributed by atoms with Crippen molar-refractivity contribution in [2.45, 2.75) is 61.5 Å². The number of aryl methyl sites for hydroxylation is 1. The molecule has 1 N–H and O–H groups in total. The van der Waals surface area contributed by atoms with Crippen molar-refractivity contribution in [1.82, 2.24) is 4.90 Å². The standard InChI is InChI=1S/C23H27ClFNO3S/c1-15-5-7-20(18(24)13-15)30-19-8-6-16(25)14-17(19)23(28)9-11-26(12-10-23)21(27)29-22(2,3)4/h5-8,13-14,28H,9-12H2,1-4H3. The molecule has 30 heavy (non-hydrogen) atoms. The van der Waals surface area contributed by atoms with Crippen molar-refractivity contribution in [3.8, 4) is 0 Å². The summed E-state index contributed by atoms with van der Waals surface area (Å²) in [6.07, 6.45) is 0.195. The summed E-state index contributed by atoms with van der Waals surface area (Å²) in [6, 6.07) is 10.2. The third-order valence-corrected chi connectivity index (χ3v) is 6.57. The van der Waals surface area contributed by atoms with Crippen molar-refractivity contribution in [3.05, 3.63) is 58.4 Å². The maximum Gasteiger partial charge on any atom is 0.410 e. The number of likely N-dealkylation sites (tertiary alicyclic amines) is 1. The van der Waals surface area contributed by atoms with Crippen LogP contribution in [0.1, 0.15) is 44.7 Å². The van der Waals surface area contributed by atoms with E-state index in [0.29, 0.717) is 36.5 Å². The van der Waals surface area contributed by atoms with Crippen LogP contribution in [-0.4, -0.2) is 34.8 Å². The molecular weight excluding hydrogens is 425 g/mol. The van der Waals surface area contributed by atoms with Crippen LogP contribution in [0.4, 0.5) is 9.18 Å². The van der Waals surface area contributed by atoms with Crippen molar-refractivity contribution in [1.29, 1.82) is 0 Å². The lowest BCUT2D eigenvalue weighted by Gasteiger charge is -2.39. The van der Waals surface area contributed by atoms with E-state index >= 15 is 0 Å². The molecule has 4 nitrogen and oxygen atoms in total. The molecule has 1 saturated heterocycles. The molecule has 0 bridgehead atoms. The number of halogens is 2. The zero-order valence-electron chi connectivity index (χ0n) is 17.7. The summed E-state index contributed by atoms with van der Waals surface area (Å²) in [5.41, 5.74) is -0.241. The lowest BCUT2D eigenvalue weighted by Crippen LogP contribution is -2.47. The summed E-state index contributed by atoms with van der Waals surface area (Å²) in [7, 11) is 0. The van der Waals surface area contributed by atoms with E-state index in [4.69, 9.17) is 16.3 Å². The lowest BCUT2D eigenvalue weighted by atomic mass is 9.84. The summed E-state index contributed by atoms with van der Waals surface area (Å²) in [4.78, 5) is 15.5. The van der Waals surface area contributed by atoms with Gasteiger partial charge in [-0.1, -0.05) is 29.4 Å². The lowest BCUT2D eigenvalue weighted by molar-refractivity contribution is -0.0373. The van der Waals surface area contributed by atoms with Crippen molar-refractivity contribution < 1.29 is 19.0 Å². The predicted molar refractivity (Wildman–Crippen MR) is 118 cm³/mol. The first-order valence-corrected chi connectivity index (χ1v) is 11.1. The fourth-order valence-corrected chi connectivity index (χ4v) is 4.79. The molecule has 3 rings (SSSR count). The predicted octanol–water partition coefficient (Wildman–Crippen LogP) is 6.16. The van der Waals surface area contributed by atoms with Crippen molar-refractivity contribution in [2.75, 3.05) is 13.1 Å². The summed E-state index contributed by atoms with van der Waals surface area (Å²) in [6.45, 7) is 8.08. The highest BCUT2D eigenvalue weighted by atomic mass is 35.5. The van der Waals surface area contributed by atoms with Gasteiger partial charge in [-0.3, -0.25) is 0 Å². The summed E-state index contributed by atoms with van der Waals surface area (Å²) in [5.74, 6) is -0.410. The molecule has 1 fully saturated rings. The van der Waals surface area contributed by atoms with Crippen molar-refractivity contribution >= 4 is 29.5 Å². The van der Waals surface area contributed by atoms with Gasteiger partial charge in [0.2, 0.25) is 0 Å². The number of rotatable bonds is 3. The van der Waals surface area contributed by atoms with Gasteiger partial charge in [-0.05, 0) is 76.4 Å². The van der Waals surface area contributed by atoms with Crippen LogP contribution in [-0.2, 0) is 10.3 Å². The number of piperidine rings is 1. The molecule has 0 atom stereocenters. The van der Waals surface area contributed by atoms with E-state index in [0.717, 1.165) is 15.4 Å². The van der Waals surface area contributed by atoms with Crippen LogP contribution in [0.2, 0.25) is 5.02 Å². The maximum absolute atomic E-state index is 14.1. The topological polar surface area (TPSA) is 49.8 Å². The minimum Gasteiger partial charge on any atom is -0.444 e. The average molecular weight is 452 g/mol. The molecule has 0 aliphatic carbocycles. The number of aliphatic hydroxyl groups is 1. The van der Waals surface area contributed by atoms with Gasteiger partial charge in [0.05, 0.1) is 10.6 Å². The zero-order valence-corrected chi connectivity index (χ0v) is 19.2. The van der Waals surface area contributed by atoms with E-state index in [1.54, 1.807) is 11.0 Å². The van der Waals surface area contributed by atoms with Crippen molar-refractivity contribution in [2.24, 2.45) is 0 Å². The SMILES string of the molecule is Cc1ccc(Sc2ccc(F)cc2C2(O)CCN(C(=O)OC(C)(C)C)CC2)c(Cl)c1. The second-order valence-corrected chi connectivity index (χ2v) is 10.2. The largest absolute Gasteiger partial charge is 0.444 e. The second kappa shape index (κ2) is 8.77. The Morgan fingerprint density at radius 2 is 1.80 bits per heavy atom. The Balaban J connectivity index is 1.82. The molecule has 0 radical (unpaired) electrons. The third kappa shape index (κ3) is 5.48. The quantitative estimate of drug-likeness (QED) is 0.607. The Morgan fingerprint density at radius 1 is 1.17 bits per heavy atom. The second-order valence-electron chi connectivity index (χ2n) is 8.68. The van der Waals surface area contributed by atoms with E-state index in [9.17, 15) is 14.3 Å². The van der Waals surface area contributed by atoms with E-state index in [2.05, 4.69) is 0 Å². The molecule has 1 heterocycles. The minimum absolute atomic E-state index is 0.297. The Hall–Kier alpha value is -1.76. The van der Waals surface area contributed by atoms with Crippen LogP contribution in [0.3, 0.4) is 0 Å². The number of nitrogens with zero attached hydrogens (tertiary/aromatic N) is 1. The zero-order chi connectivity index (χ0) is 22.1. The molecule has 0 aromatic heterocycles. The van der Waals surface area contributed by atoms with Gasteiger partial charge in [-0.15, -0.1) is 0 Å². The van der Waals surface area contributed by atoms with Gasteiger partial charge in [-0.2, -0.15) is 0 Å². The smallest absolute Gasteiger partial charge is 0.410 e. The number of carbonyl (C=O) groups excluding carboxylic acids is 1. The van der Waals surface area contributed by atoms with E-state index in [1.807, 2.05) is 45.9 Å². The van der Waals surface area contributed by atoms with E-state index < -0.39 is 23.1 Å². The van der Waals surface area contributed by atoms with Gasteiger partial charge in [0.25, 0.3) is 0 Å². The van der Waals surface area contributed by atoms with Crippen LogP contribution in [0.15, 0.2) is 46.2 Å². The molecule has 162 valence electrons. The number of carbonyl (C=O) groups is 1. The van der Waals surface area contributed by atoms with Gasteiger partial charge in [0, 0.05) is 28.4 Å². The highest BCUT2D eigenvalue weighted by Gasteiger charge is 2.38. The van der Waals surface area contributed by atoms with E-state index in [-0.39, 0.29) is 0 Å². The molecule has 2 aromatic carbocycles. The molecule has 2 aromatic rings. The molecule has 0 spiro atoms. The Kier molecular flexibility index (Phi) is 6.70.